The summed E-state index contributed by atoms with van der Waals surface area (Å²) in [5.41, 5.74) is 2.48. The van der Waals surface area contributed by atoms with E-state index in [0.717, 1.165) is 35.8 Å². The average molecular weight is 389 g/mol. The van der Waals surface area contributed by atoms with Gasteiger partial charge in [0.15, 0.2) is 0 Å². The zero-order valence-electron chi connectivity index (χ0n) is 15.0. The summed E-state index contributed by atoms with van der Waals surface area (Å²) in [6.07, 6.45) is 1.02. The van der Waals surface area contributed by atoms with Crippen LogP contribution in [-0.4, -0.2) is 35.7 Å². The first-order valence-corrected chi connectivity index (χ1v) is 10.6. The normalized spacial score (nSPS) is 18.6. The number of halogens is 1. The molecule has 2 aromatic carbocycles. The van der Waals surface area contributed by atoms with E-state index < -0.39 is 0 Å². The van der Waals surface area contributed by atoms with E-state index in [0.29, 0.717) is 11.8 Å². The van der Waals surface area contributed by atoms with Gasteiger partial charge in [-0.3, -0.25) is 9.69 Å². The van der Waals surface area contributed by atoms with Crippen LogP contribution >= 0.6 is 23.4 Å². The van der Waals surface area contributed by atoms with E-state index in [9.17, 15) is 4.79 Å². The van der Waals surface area contributed by atoms with E-state index in [4.69, 9.17) is 11.6 Å². The molecule has 0 aliphatic carbocycles. The van der Waals surface area contributed by atoms with Crippen molar-refractivity contribution in [3.05, 3.63) is 70.7 Å². The second kappa shape index (κ2) is 9.45. The Balaban J connectivity index is 1.40. The Labute approximate surface area is 165 Å². The Hall–Kier alpha value is -1.49. The van der Waals surface area contributed by atoms with Crippen molar-refractivity contribution in [3.63, 3.8) is 0 Å². The molecule has 0 bridgehead atoms. The van der Waals surface area contributed by atoms with Gasteiger partial charge in [-0.05, 0) is 36.6 Å². The molecule has 1 aliphatic heterocycles. The number of nitrogens with one attached hydrogen (secondary N) is 1. The average Bonchev–Trinajstić information content (AvgIpc) is 3.10. The third-order valence-electron chi connectivity index (χ3n) is 4.81. The second-order valence-electron chi connectivity index (χ2n) is 6.76. The SMILES string of the molecule is CC(c1ccccc1)N1CCC(NC(=O)CSCc2cccc(Cl)c2)C1. The Morgan fingerprint density at radius 3 is 2.85 bits per heavy atom. The molecule has 3 nitrogen and oxygen atoms in total. The van der Waals surface area contributed by atoms with E-state index in [-0.39, 0.29) is 11.9 Å². The number of hydrogen-bond donors (Lipinski definition) is 1. The molecule has 0 radical (unpaired) electrons. The zero-order valence-corrected chi connectivity index (χ0v) is 16.6. The predicted octanol–water partition coefficient (Wildman–Crippen LogP) is 4.52. The van der Waals surface area contributed by atoms with Crippen LogP contribution in [0.2, 0.25) is 5.02 Å². The highest BCUT2D eigenvalue weighted by Crippen LogP contribution is 2.24. The van der Waals surface area contributed by atoms with E-state index in [2.05, 4.69) is 41.4 Å². The van der Waals surface area contributed by atoms with E-state index in [1.807, 2.05) is 30.3 Å². The standard InChI is InChI=1S/C21H25ClN2OS/c1-16(18-7-3-2-4-8-18)24-11-10-20(13-24)23-21(25)15-26-14-17-6-5-9-19(22)12-17/h2-9,12,16,20H,10-11,13-15H2,1H3,(H,23,25). The van der Waals surface area contributed by atoms with Gasteiger partial charge in [0, 0.05) is 35.9 Å². The van der Waals surface area contributed by atoms with Crippen LogP contribution in [-0.2, 0) is 10.5 Å². The van der Waals surface area contributed by atoms with Gasteiger partial charge in [-0.25, -0.2) is 0 Å². The summed E-state index contributed by atoms with van der Waals surface area (Å²) in [6.45, 7) is 4.18. The molecular formula is C21H25ClN2OS. The fourth-order valence-corrected chi connectivity index (χ4v) is 4.36. The van der Waals surface area contributed by atoms with Crippen molar-refractivity contribution in [1.29, 1.82) is 0 Å². The minimum atomic E-state index is 0.122. The largest absolute Gasteiger partial charge is 0.351 e. The number of likely N-dealkylation sites (tertiary alicyclic amines) is 1. The van der Waals surface area contributed by atoms with Gasteiger partial charge in [0.05, 0.1) is 5.75 Å². The van der Waals surface area contributed by atoms with Gasteiger partial charge in [-0.2, -0.15) is 0 Å². The van der Waals surface area contributed by atoms with Crippen molar-refractivity contribution >= 4 is 29.3 Å². The van der Waals surface area contributed by atoms with Crippen LogP contribution in [0.4, 0.5) is 0 Å². The molecule has 0 aromatic heterocycles. The number of thioether (sulfide) groups is 1. The molecule has 1 heterocycles. The predicted molar refractivity (Wildman–Crippen MR) is 111 cm³/mol. The first-order valence-electron chi connectivity index (χ1n) is 9.02. The molecule has 3 rings (SSSR count). The summed E-state index contributed by atoms with van der Waals surface area (Å²) < 4.78 is 0. The van der Waals surface area contributed by atoms with Gasteiger partial charge in [-0.15, -0.1) is 11.8 Å². The van der Waals surface area contributed by atoms with Crippen molar-refractivity contribution in [2.24, 2.45) is 0 Å². The zero-order chi connectivity index (χ0) is 18.4. The molecule has 1 amide bonds. The van der Waals surface area contributed by atoms with Crippen molar-refractivity contribution in [1.82, 2.24) is 10.2 Å². The summed E-state index contributed by atoms with van der Waals surface area (Å²) in [5.74, 6) is 1.41. The minimum Gasteiger partial charge on any atom is -0.351 e. The van der Waals surface area contributed by atoms with Gasteiger partial charge in [0.2, 0.25) is 5.91 Å². The fourth-order valence-electron chi connectivity index (χ4n) is 3.36. The van der Waals surface area contributed by atoms with Crippen molar-refractivity contribution in [2.45, 2.75) is 31.2 Å². The smallest absolute Gasteiger partial charge is 0.230 e. The Morgan fingerprint density at radius 2 is 2.08 bits per heavy atom. The molecule has 138 valence electrons. The summed E-state index contributed by atoms with van der Waals surface area (Å²) in [5, 5.41) is 3.93. The van der Waals surface area contributed by atoms with Crippen LogP contribution in [0, 0.1) is 0 Å². The van der Waals surface area contributed by atoms with Gasteiger partial charge >= 0.3 is 0 Å². The number of carbonyl (C=O) groups excluding carboxylic acids is 1. The first kappa shape index (κ1) is 19.3. The summed E-state index contributed by atoms with van der Waals surface area (Å²) in [6, 6.07) is 19.0. The second-order valence-corrected chi connectivity index (χ2v) is 8.18. The maximum atomic E-state index is 12.2. The maximum absolute atomic E-state index is 12.2. The van der Waals surface area contributed by atoms with E-state index >= 15 is 0 Å². The number of hydrogen-bond acceptors (Lipinski definition) is 3. The molecule has 1 N–H and O–H groups in total. The number of benzene rings is 2. The van der Waals surface area contributed by atoms with Gasteiger partial charge in [0.1, 0.15) is 0 Å². The third-order valence-corrected chi connectivity index (χ3v) is 6.04. The lowest BCUT2D eigenvalue weighted by Crippen LogP contribution is -2.38. The lowest BCUT2D eigenvalue weighted by atomic mass is 10.1. The molecule has 26 heavy (non-hydrogen) atoms. The summed E-state index contributed by atoms with van der Waals surface area (Å²) in [4.78, 5) is 14.7. The van der Waals surface area contributed by atoms with Crippen molar-refractivity contribution < 1.29 is 4.79 Å². The molecular weight excluding hydrogens is 364 g/mol. The minimum absolute atomic E-state index is 0.122. The molecule has 1 fully saturated rings. The lowest BCUT2D eigenvalue weighted by molar-refractivity contribution is -0.119. The van der Waals surface area contributed by atoms with Crippen LogP contribution in [0.5, 0.6) is 0 Å². The number of carbonyl (C=O) groups is 1. The highest BCUT2D eigenvalue weighted by Gasteiger charge is 2.27. The Morgan fingerprint density at radius 1 is 1.27 bits per heavy atom. The number of rotatable bonds is 7. The molecule has 5 heteroatoms. The van der Waals surface area contributed by atoms with Crippen LogP contribution in [0.15, 0.2) is 54.6 Å². The third kappa shape index (κ3) is 5.50. The van der Waals surface area contributed by atoms with Gasteiger partial charge in [0.25, 0.3) is 0 Å². The van der Waals surface area contributed by atoms with Crippen molar-refractivity contribution in [2.75, 3.05) is 18.8 Å². The molecule has 0 saturated carbocycles. The first-order chi connectivity index (χ1) is 12.6. The monoisotopic (exact) mass is 388 g/mol. The Kier molecular flexibility index (Phi) is 7.00. The summed E-state index contributed by atoms with van der Waals surface area (Å²) in [7, 11) is 0. The lowest BCUT2D eigenvalue weighted by Gasteiger charge is -2.24. The summed E-state index contributed by atoms with van der Waals surface area (Å²) >= 11 is 7.62. The fraction of sp³-hybridized carbons (Fsp3) is 0.381. The topological polar surface area (TPSA) is 32.3 Å². The quantitative estimate of drug-likeness (QED) is 0.756. The maximum Gasteiger partial charge on any atom is 0.230 e. The molecule has 2 atom stereocenters. The van der Waals surface area contributed by atoms with E-state index in [1.165, 1.54) is 5.56 Å². The molecule has 0 spiro atoms. The van der Waals surface area contributed by atoms with Crippen LogP contribution in [0.25, 0.3) is 0 Å². The van der Waals surface area contributed by atoms with Crippen molar-refractivity contribution in [3.8, 4) is 0 Å². The van der Waals surface area contributed by atoms with Crippen LogP contribution in [0.3, 0.4) is 0 Å². The van der Waals surface area contributed by atoms with Gasteiger partial charge in [-0.1, -0.05) is 54.1 Å². The number of amides is 1. The number of nitrogens with zero attached hydrogens (tertiary/aromatic N) is 1. The van der Waals surface area contributed by atoms with Crippen LogP contribution in [0.1, 0.15) is 30.5 Å². The molecule has 1 saturated heterocycles. The van der Waals surface area contributed by atoms with E-state index in [1.54, 1.807) is 11.8 Å². The van der Waals surface area contributed by atoms with Gasteiger partial charge < -0.3 is 5.32 Å². The molecule has 2 unspecified atom stereocenters. The highest BCUT2D eigenvalue weighted by molar-refractivity contribution is 7.99. The Bertz CT molecular complexity index is 725. The highest BCUT2D eigenvalue weighted by atomic mass is 35.5. The molecule has 2 aromatic rings. The molecule has 1 aliphatic rings. The van der Waals surface area contributed by atoms with Crippen LogP contribution < -0.4 is 5.32 Å².